The second kappa shape index (κ2) is 6.72. The highest BCUT2D eigenvalue weighted by atomic mass is 19.1. The normalized spacial score (nSPS) is 10.3. The Labute approximate surface area is 111 Å². The van der Waals surface area contributed by atoms with Crippen LogP contribution in [0, 0.1) is 5.82 Å². The van der Waals surface area contributed by atoms with Gasteiger partial charge in [-0.1, -0.05) is 0 Å². The first-order valence-corrected chi connectivity index (χ1v) is 6.02. The molecule has 1 aromatic rings. The Morgan fingerprint density at radius 2 is 2.05 bits per heavy atom. The molecule has 0 aliphatic rings. The van der Waals surface area contributed by atoms with Gasteiger partial charge in [0.05, 0.1) is 5.56 Å². The van der Waals surface area contributed by atoms with Crippen LogP contribution in [0.4, 0.5) is 10.1 Å². The van der Waals surface area contributed by atoms with Gasteiger partial charge in [-0.15, -0.1) is 0 Å². The van der Waals surface area contributed by atoms with Crippen molar-refractivity contribution in [2.24, 2.45) is 0 Å². The molecule has 0 atom stereocenters. The summed E-state index contributed by atoms with van der Waals surface area (Å²) >= 11 is 0. The zero-order valence-corrected chi connectivity index (χ0v) is 11.0. The number of benzene rings is 1. The highest BCUT2D eigenvalue weighted by molar-refractivity contribution is 5.99. The zero-order valence-electron chi connectivity index (χ0n) is 11.0. The van der Waals surface area contributed by atoms with Crippen molar-refractivity contribution in [3.8, 4) is 0 Å². The van der Waals surface area contributed by atoms with Gasteiger partial charge in [0.1, 0.15) is 5.82 Å². The molecule has 5 nitrogen and oxygen atoms in total. The molecular weight excluding hydrogens is 249 g/mol. The summed E-state index contributed by atoms with van der Waals surface area (Å²) in [5, 5.41) is 5.27. The molecule has 0 saturated carbocycles. The molecule has 0 fully saturated rings. The SMILES string of the molecule is CC(C)NC(=O)CCNC(=O)c1ccc(F)cc1N. The fraction of sp³-hybridized carbons (Fsp3) is 0.385. The van der Waals surface area contributed by atoms with Gasteiger partial charge >= 0.3 is 0 Å². The number of hydrogen-bond acceptors (Lipinski definition) is 3. The zero-order chi connectivity index (χ0) is 14.4. The number of nitrogens with two attached hydrogens (primary N) is 1. The summed E-state index contributed by atoms with van der Waals surface area (Å²) in [6.45, 7) is 3.92. The fourth-order valence-corrected chi connectivity index (χ4v) is 1.52. The van der Waals surface area contributed by atoms with E-state index in [0.29, 0.717) is 0 Å². The minimum atomic E-state index is -0.495. The molecule has 0 bridgehead atoms. The maximum Gasteiger partial charge on any atom is 0.253 e. The van der Waals surface area contributed by atoms with Crippen molar-refractivity contribution in [2.75, 3.05) is 12.3 Å². The Morgan fingerprint density at radius 3 is 2.63 bits per heavy atom. The molecule has 0 aliphatic heterocycles. The first kappa shape index (κ1) is 14.9. The Morgan fingerprint density at radius 1 is 1.37 bits per heavy atom. The number of carbonyl (C=O) groups is 2. The van der Waals surface area contributed by atoms with Crippen LogP contribution in [0.2, 0.25) is 0 Å². The van der Waals surface area contributed by atoms with Gasteiger partial charge in [-0.25, -0.2) is 4.39 Å². The molecule has 6 heteroatoms. The van der Waals surface area contributed by atoms with Crippen LogP contribution in [-0.2, 0) is 4.79 Å². The third-order valence-electron chi connectivity index (χ3n) is 2.35. The number of anilines is 1. The monoisotopic (exact) mass is 267 g/mol. The lowest BCUT2D eigenvalue weighted by Crippen LogP contribution is -2.34. The van der Waals surface area contributed by atoms with Gasteiger partial charge in [0.25, 0.3) is 5.91 Å². The first-order chi connectivity index (χ1) is 8.90. The van der Waals surface area contributed by atoms with Crippen LogP contribution in [-0.4, -0.2) is 24.4 Å². The van der Waals surface area contributed by atoms with E-state index < -0.39 is 11.7 Å². The Kier molecular flexibility index (Phi) is 5.29. The van der Waals surface area contributed by atoms with Crippen molar-refractivity contribution in [1.29, 1.82) is 0 Å². The second-order valence-electron chi connectivity index (χ2n) is 4.46. The molecule has 1 rings (SSSR count). The maximum atomic E-state index is 12.8. The van der Waals surface area contributed by atoms with Crippen LogP contribution in [0.1, 0.15) is 30.6 Å². The van der Waals surface area contributed by atoms with E-state index in [2.05, 4.69) is 10.6 Å². The summed E-state index contributed by atoms with van der Waals surface area (Å²) in [4.78, 5) is 23.1. The highest BCUT2D eigenvalue weighted by Crippen LogP contribution is 2.12. The molecule has 0 aromatic heterocycles. The molecule has 0 heterocycles. The summed E-state index contributed by atoms with van der Waals surface area (Å²) in [5.41, 5.74) is 5.81. The predicted molar refractivity (Wildman–Crippen MR) is 71.0 cm³/mol. The lowest BCUT2D eigenvalue weighted by atomic mass is 10.1. The number of nitrogens with one attached hydrogen (secondary N) is 2. The molecule has 104 valence electrons. The highest BCUT2D eigenvalue weighted by Gasteiger charge is 2.10. The van der Waals surface area contributed by atoms with Gasteiger partial charge < -0.3 is 16.4 Å². The average molecular weight is 267 g/mol. The second-order valence-corrected chi connectivity index (χ2v) is 4.46. The molecular formula is C13H18FN3O2. The first-order valence-electron chi connectivity index (χ1n) is 6.02. The summed E-state index contributed by atoms with van der Waals surface area (Å²) in [7, 11) is 0. The van der Waals surface area contributed by atoms with E-state index in [1.807, 2.05) is 13.8 Å². The summed E-state index contributed by atoms with van der Waals surface area (Å²) in [6.07, 6.45) is 0.186. The molecule has 0 spiro atoms. The van der Waals surface area contributed by atoms with E-state index in [1.54, 1.807) is 0 Å². The number of nitrogen functional groups attached to an aromatic ring is 1. The van der Waals surface area contributed by atoms with Crippen molar-refractivity contribution < 1.29 is 14.0 Å². The van der Waals surface area contributed by atoms with Crippen LogP contribution in [0.15, 0.2) is 18.2 Å². The van der Waals surface area contributed by atoms with Crippen molar-refractivity contribution in [3.05, 3.63) is 29.6 Å². The van der Waals surface area contributed by atoms with Crippen molar-refractivity contribution >= 4 is 17.5 Å². The van der Waals surface area contributed by atoms with Crippen LogP contribution in [0.25, 0.3) is 0 Å². The third kappa shape index (κ3) is 4.95. The smallest absolute Gasteiger partial charge is 0.253 e. The largest absolute Gasteiger partial charge is 0.398 e. The van der Waals surface area contributed by atoms with Gasteiger partial charge in [0, 0.05) is 24.7 Å². The van der Waals surface area contributed by atoms with Crippen molar-refractivity contribution in [1.82, 2.24) is 10.6 Å². The molecule has 4 N–H and O–H groups in total. The van der Waals surface area contributed by atoms with Gasteiger partial charge in [-0.2, -0.15) is 0 Å². The topological polar surface area (TPSA) is 84.2 Å². The number of carbonyl (C=O) groups excluding carboxylic acids is 2. The predicted octanol–water partition coefficient (Wildman–Crippen LogP) is 1.05. The number of hydrogen-bond donors (Lipinski definition) is 3. The Balaban J connectivity index is 2.45. The number of amides is 2. The Hall–Kier alpha value is -2.11. The number of halogens is 1. The summed E-state index contributed by atoms with van der Waals surface area (Å²) in [6, 6.07) is 3.63. The third-order valence-corrected chi connectivity index (χ3v) is 2.35. The fourth-order valence-electron chi connectivity index (χ4n) is 1.52. The van der Waals surface area contributed by atoms with E-state index in [-0.39, 0.29) is 36.2 Å². The van der Waals surface area contributed by atoms with E-state index in [9.17, 15) is 14.0 Å². The minimum absolute atomic E-state index is 0.0657. The van der Waals surface area contributed by atoms with Crippen molar-refractivity contribution in [2.45, 2.75) is 26.3 Å². The van der Waals surface area contributed by atoms with Gasteiger partial charge in [0.2, 0.25) is 5.91 Å². The Bertz CT molecular complexity index is 475. The van der Waals surface area contributed by atoms with E-state index >= 15 is 0 Å². The van der Waals surface area contributed by atoms with Gasteiger partial charge in [-0.05, 0) is 32.0 Å². The molecule has 0 radical (unpaired) electrons. The van der Waals surface area contributed by atoms with Crippen LogP contribution in [0.3, 0.4) is 0 Å². The van der Waals surface area contributed by atoms with Gasteiger partial charge in [-0.3, -0.25) is 9.59 Å². The van der Waals surface area contributed by atoms with Crippen LogP contribution < -0.4 is 16.4 Å². The molecule has 0 saturated heterocycles. The van der Waals surface area contributed by atoms with E-state index in [0.717, 1.165) is 12.1 Å². The minimum Gasteiger partial charge on any atom is -0.398 e. The average Bonchev–Trinajstić information content (AvgIpc) is 2.27. The van der Waals surface area contributed by atoms with E-state index in [4.69, 9.17) is 5.73 Å². The number of rotatable bonds is 5. The van der Waals surface area contributed by atoms with Crippen LogP contribution >= 0.6 is 0 Å². The van der Waals surface area contributed by atoms with Crippen molar-refractivity contribution in [3.63, 3.8) is 0 Å². The van der Waals surface area contributed by atoms with Crippen LogP contribution in [0.5, 0.6) is 0 Å². The molecule has 0 unspecified atom stereocenters. The summed E-state index contributed by atoms with van der Waals surface area (Å²) in [5.74, 6) is -1.05. The molecule has 1 aromatic carbocycles. The standard InChI is InChI=1S/C13H18FN3O2/c1-8(2)17-12(18)5-6-16-13(19)10-4-3-9(14)7-11(10)15/h3-4,7-8H,5-6,15H2,1-2H3,(H,16,19)(H,17,18). The lowest BCUT2D eigenvalue weighted by molar-refractivity contribution is -0.121. The summed E-state index contributed by atoms with van der Waals surface area (Å²) < 4.78 is 12.8. The van der Waals surface area contributed by atoms with Gasteiger partial charge in [0.15, 0.2) is 0 Å². The molecule has 19 heavy (non-hydrogen) atoms. The maximum absolute atomic E-state index is 12.8. The van der Waals surface area contributed by atoms with E-state index in [1.165, 1.54) is 6.07 Å². The lowest BCUT2D eigenvalue weighted by Gasteiger charge is -2.09. The molecule has 2 amide bonds. The molecule has 0 aliphatic carbocycles. The quantitative estimate of drug-likeness (QED) is 0.697.